The minimum Gasteiger partial charge on any atom is -0.323 e. The second kappa shape index (κ2) is 6.01. The summed E-state index contributed by atoms with van der Waals surface area (Å²) in [4.78, 5) is 12.4. The van der Waals surface area contributed by atoms with Crippen molar-refractivity contribution >= 4 is 23.2 Å². The number of nitrogens with one attached hydrogen (secondary N) is 1. The van der Waals surface area contributed by atoms with Gasteiger partial charge in [0.05, 0.1) is 11.1 Å². The molecule has 0 bridgehead atoms. The number of rotatable bonds is 3. The van der Waals surface area contributed by atoms with E-state index in [-0.39, 0.29) is 0 Å². The Labute approximate surface area is 130 Å². The average Bonchev–Trinajstić information content (AvgIpc) is 2.47. The van der Waals surface area contributed by atoms with Crippen molar-refractivity contribution in [3.8, 4) is 0 Å². The molecule has 2 aromatic carbocycles. The fourth-order valence-electron chi connectivity index (χ4n) is 1.91. The monoisotopic (exact) mass is 327 g/mol. The third-order valence-corrected chi connectivity index (χ3v) is 3.63. The second-order valence-corrected chi connectivity index (χ2v) is 5.75. The first-order chi connectivity index (χ1) is 10.2. The van der Waals surface area contributed by atoms with Crippen molar-refractivity contribution in [2.45, 2.75) is 19.3 Å². The summed E-state index contributed by atoms with van der Waals surface area (Å²) >= 11 is 5.90. The van der Waals surface area contributed by atoms with Gasteiger partial charge in [0, 0.05) is 5.02 Å². The van der Waals surface area contributed by atoms with Crippen LogP contribution in [0.4, 0.5) is 18.9 Å². The zero-order valence-electron chi connectivity index (χ0n) is 11.9. The molecule has 0 saturated heterocycles. The molecule has 0 atom stereocenters. The minimum atomic E-state index is -1.63. The van der Waals surface area contributed by atoms with Crippen LogP contribution in [0.15, 0.2) is 36.4 Å². The molecular weight excluding hydrogens is 315 g/mol. The first-order valence-electron chi connectivity index (χ1n) is 6.44. The van der Waals surface area contributed by atoms with E-state index in [1.165, 1.54) is 0 Å². The summed E-state index contributed by atoms with van der Waals surface area (Å²) in [6.45, 7) is 3.23. The lowest BCUT2D eigenvalue weighted by Crippen LogP contribution is -2.35. The summed E-state index contributed by atoms with van der Waals surface area (Å²) in [6, 6.07) is 8.38. The maximum atomic E-state index is 13.6. The van der Waals surface area contributed by atoms with E-state index in [0.717, 1.165) is 12.1 Å². The van der Waals surface area contributed by atoms with Gasteiger partial charge in [0.2, 0.25) is 5.91 Å². The number of carbonyl (C=O) groups excluding carboxylic acids is 1. The van der Waals surface area contributed by atoms with E-state index in [1.54, 1.807) is 38.1 Å². The molecule has 0 heterocycles. The predicted octanol–water partition coefficient (Wildman–Crippen LogP) is 4.67. The molecule has 0 fully saturated rings. The first-order valence-corrected chi connectivity index (χ1v) is 6.82. The van der Waals surface area contributed by atoms with Crippen molar-refractivity contribution in [1.82, 2.24) is 0 Å². The maximum absolute atomic E-state index is 13.6. The number of anilines is 1. The van der Waals surface area contributed by atoms with E-state index in [1.807, 2.05) is 0 Å². The summed E-state index contributed by atoms with van der Waals surface area (Å²) in [5.74, 6) is -4.95. The summed E-state index contributed by atoms with van der Waals surface area (Å²) < 4.78 is 39.7. The number of benzene rings is 2. The second-order valence-electron chi connectivity index (χ2n) is 5.31. The van der Waals surface area contributed by atoms with Crippen LogP contribution < -0.4 is 5.32 Å². The van der Waals surface area contributed by atoms with E-state index in [2.05, 4.69) is 5.32 Å². The van der Waals surface area contributed by atoms with Gasteiger partial charge in [-0.15, -0.1) is 0 Å². The zero-order chi connectivity index (χ0) is 16.5. The van der Waals surface area contributed by atoms with Crippen LogP contribution in [0.2, 0.25) is 5.02 Å². The Balaban J connectivity index is 2.30. The van der Waals surface area contributed by atoms with Crippen LogP contribution in [0.25, 0.3) is 0 Å². The highest BCUT2D eigenvalue weighted by molar-refractivity contribution is 6.30. The van der Waals surface area contributed by atoms with Crippen LogP contribution in [-0.2, 0) is 10.2 Å². The maximum Gasteiger partial charge on any atom is 0.234 e. The van der Waals surface area contributed by atoms with E-state index in [9.17, 15) is 18.0 Å². The van der Waals surface area contributed by atoms with Crippen LogP contribution in [0.3, 0.4) is 0 Å². The highest BCUT2D eigenvalue weighted by atomic mass is 35.5. The molecule has 116 valence electrons. The number of amides is 1. The molecule has 2 nitrogen and oxygen atoms in total. The lowest BCUT2D eigenvalue weighted by atomic mass is 9.83. The molecule has 2 rings (SSSR count). The zero-order valence-corrected chi connectivity index (χ0v) is 12.6. The van der Waals surface area contributed by atoms with Gasteiger partial charge in [-0.05, 0) is 43.7 Å². The van der Waals surface area contributed by atoms with Crippen LogP contribution in [0.1, 0.15) is 19.4 Å². The lowest BCUT2D eigenvalue weighted by molar-refractivity contribution is -0.120. The summed E-state index contributed by atoms with van der Waals surface area (Å²) in [5, 5.41) is 2.73. The molecule has 0 radical (unpaired) electrons. The number of halogens is 4. The van der Waals surface area contributed by atoms with Crippen LogP contribution in [-0.4, -0.2) is 5.91 Å². The molecule has 0 aliphatic rings. The van der Waals surface area contributed by atoms with E-state index in [4.69, 9.17) is 11.6 Å². The van der Waals surface area contributed by atoms with Gasteiger partial charge in [0.25, 0.3) is 0 Å². The van der Waals surface area contributed by atoms with Gasteiger partial charge in [-0.25, -0.2) is 13.2 Å². The van der Waals surface area contributed by atoms with E-state index in [0.29, 0.717) is 10.6 Å². The van der Waals surface area contributed by atoms with Crippen molar-refractivity contribution in [3.63, 3.8) is 0 Å². The smallest absolute Gasteiger partial charge is 0.234 e. The number of carbonyl (C=O) groups is 1. The fraction of sp³-hybridized carbons (Fsp3) is 0.188. The molecule has 22 heavy (non-hydrogen) atoms. The van der Waals surface area contributed by atoms with Crippen molar-refractivity contribution in [2.75, 3.05) is 5.32 Å². The van der Waals surface area contributed by atoms with Crippen LogP contribution >= 0.6 is 11.6 Å². The van der Waals surface area contributed by atoms with Crippen LogP contribution in [0, 0.1) is 17.5 Å². The Bertz CT molecular complexity index is 731. The molecule has 0 unspecified atom stereocenters. The standard InChI is InChI=1S/C16H13ClF3NO/c1-16(2,9-4-3-5-10(17)8-9)15(22)21-12-7-6-11(18)13(19)14(12)20/h3-8H,1-2H3,(H,21,22). The summed E-state index contributed by atoms with van der Waals surface area (Å²) in [6.07, 6.45) is 0. The van der Waals surface area contributed by atoms with Crippen molar-refractivity contribution in [2.24, 2.45) is 0 Å². The Morgan fingerprint density at radius 1 is 1.09 bits per heavy atom. The lowest BCUT2D eigenvalue weighted by Gasteiger charge is -2.24. The highest BCUT2D eigenvalue weighted by Crippen LogP contribution is 2.28. The molecule has 0 aromatic heterocycles. The first kappa shape index (κ1) is 16.4. The quantitative estimate of drug-likeness (QED) is 0.815. The van der Waals surface area contributed by atoms with Gasteiger partial charge >= 0.3 is 0 Å². The molecule has 0 aliphatic carbocycles. The molecular formula is C16H13ClF3NO. The third kappa shape index (κ3) is 3.09. The van der Waals surface area contributed by atoms with Crippen molar-refractivity contribution in [1.29, 1.82) is 0 Å². The largest absolute Gasteiger partial charge is 0.323 e. The van der Waals surface area contributed by atoms with Gasteiger partial charge in [0.15, 0.2) is 17.5 Å². The molecule has 0 saturated carbocycles. The Morgan fingerprint density at radius 2 is 1.77 bits per heavy atom. The van der Waals surface area contributed by atoms with Gasteiger partial charge in [0.1, 0.15) is 0 Å². The molecule has 0 spiro atoms. The fourth-order valence-corrected chi connectivity index (χ4v) is 2.10. The molecule has 6 heteroatoms. The van der Waals surface area contributed by atoms with Crippen molar-refractivity contribution < 1.29 is 18.0 Å². The molecule has 2 aromatic rings. The SMILES string of the molecule is CC(C)(C(=O)Nc1ccc(F)c(F)c1F)c1cccc(Cl)c1. The topological polar surface area (TPSA) is 29.1 Å². The molecule has 1 amide bonds. The van der Waals surface area contributed by atoms with Gasteiger partial charge in [-0.3, -0.25) is 4.79 Å². The third-order valence-electron chi connectivity index (χ3n) is 3.40. The number of hydrogen-bond acceptors (Lipinski definition) is 1. The summed E-state index contributed by atoms with van der Waals surface area (Å²) in [7, 11) is 0. The van der Waals surface area contributed by atoms with E-state index < -0.39 is 34.5 Å². The molecule has 0 aliphatic heterocycles. The van der Waals surface area contributed by atoms with E-state index >= 15 is 0 Å². The predicted molar refractivity (Wildman–Crippen MR) is 79.4 cm³/mol. The number of hydrogen-bond donors (Lipinski definition) is 1. The van der Waals surface area contributed by atoms with Crippen molar-refractivity contribution in [3.05, 3.63) is 64.4 Å². The normalized spacial score (nSPS) is 11.4. The highest BCUT2D eigenvalue weighted by Gasteiger charge is 2.31. The summed E-state index contributed by atoms with van der Waals surface area (Å²) in [5.41, 5.74) is -0.846. The average molecular weight is 328 g/mol. The van der Waals surface area contributed by atoms with Crippen LogP contribution in [0.5, 0.6) is 0 Å². The van der Waals surface area contributed by atoms with Gasteiger partial charge in [-0.2, -0.15) is 0 Å². The minimum absolute atomic E-state index is 0.418. The van der Waals surface area contributed by atoms with Gasteiger partial charge < -0.3 is 5.32 Å². The Morgan fingerprint density at radius 3 is 2.41 bits per heavy atom. The Hall–Kier alpha value is -2.01. The Kier molecular flexibility index (Phi) is 4.47. The molecule has 1 N–H and O–H groups in total. The van der Waals surface area contributed by atoms with Gasteiger partial charge in [-0.1, -0.05) is 23.7 Å².